The molecule has 0 radical (unpaired) electrons. The Bertz CT molecular complexity index is 513. The van der Waals surface area contributed by atoms with E-state index in [1.54, 1.807) is 0 Å². The van der Waals surface area contributed by atoms with Crippen molar-refractivity contribution in [2.75, 3.05) is 0 Å². The van der Waals surface area contributed by atoms with Crippen LogP contribution in [-0.4, -0.2) is 16.0 Å². The van der Waals surface area contributed by atoms with Crippen LogP contribution in [0.3, 0.4) is 0 Å². The van der Waals surface area contributed by atoms with Crippen LogP contribution < -0.4 is 5.73 Å². The number of nitrogens with zero attached hydrogens (tertiary/aromatic N) is 1. The van der Waals surface area contributed by atoms with E-state index in [4.69, 9.17) is 5.73 Å². The molecule has 0 saturated heterocycles. The van der Waals surface area contributed by atoms with Gasteiger partial charge in [-0.3, -0.25) is 0 Å². The standard InChI is InChI=1S/C14H19N3/c1-8-5-12-13(6-9(8)2)17-14(16-12)7-11(15)10-3-4-10/h5-6,10-11H,3-4,7,15H2,1-2H3,(H,16,17). The fourth-order valence-corrected chi connectivity index (χ4v) is 2.33. The molecule has 0 aliphatic heterocycles. The van der Waals surface area contributed by atoms with Gasteiger partial charge in [-0.2, -0.15) is 0 Å². The lowest BCUT2D eigenvalue weighted by Crippen LogP contribution is -2.25. The smallest absolute Gasteiger partial charge is 0.108 e. The van der Waals surface area contributed by atoms with Crippen LogP contribution in [0.25, 0.3) is 11.0 Å². The molecular formula is C14H19N3. The lowest BCUT2D eigenvalue weighted by molar-refractivity contribution is 0.579. The first kappa shape index (κ1) is 10.8. The maximum Gasteiger partial charge on any atom is 0.108 e. The molecule has 1 heterocycles. The second-order valence-electron chi connectivity index (χ2n) is 5.34. The highest BCUT2D eigenvalue weighted by Gasteiger charge is 2.29. The van der Waals surface area contributed by atoms with Crippen molar-refractivity contribution < 1.29 is 0 Å². The van der Waals surface area contributed by atoms with Gasteiger partial charge < -0.3 is 10.7 Å². The largest absolute Gasteiger partial charge is 0.342 e. The summed E-state index contributed by atoms with van der Waals surface area (Å²) < 4.78 is 0. The molecule has 0 bridgehead atoms. The van der Waals surface area contributed by atoms with Gasteiger partial charge in [0.05, 0.1) is 11.0 Å². The van der Waals surface area contributed by atoms with Crippen LogP contribution in [0.1, 0.15) is 29.8 Å². The molecule has 3 nitrogen and oxygen atoms in total. The number of aromatic nitrogens is 2. The zero-order chi connectivity index (χ0) is 12.0. The van der Waals surface area contributed by atoms with E-state index in [0.717, 1.165) is 29.2 Å². The average Bonchev–Trinajstić information content (AvgIpc) is 3.04. The second-order valence-corrected chi connectivity index (χ2v) is 5.34. The van der Waals surface area contributed by atoms with Gasteiger partial charge in [-0.1, -0.05) is 0 Å². The normalized spacial score (nSPS) is 17.6. The van der Waals surface area contributed by atoms with E-state index in [0.29, 0.717) is 0 Å². The van der Waals surface area contributed by atoms with Gasteiger partial charge in [-0.15, -0.1) is 0 Å². The summed E-state index contributed by atoms with van der Waals surface area (Å²) in [5, 5.41) is 0. The van der Waals surface area contributed by atoms with Crippen molar-refractivity contribution in [1.82, 2.24) is 9.97 Å². The Morgan fingerprint density at radius 3 is 2.76 bits per heavy atom. The second kappa shape index (κ2) is 3.84. The molecule has 0 amide bonds. The van der Waals surface area contributed by atoms with E-state index in [9.17, 15) is 0 Å². The third kappa shape index (κ3) is 2.07. The highest BCUT2D eigenvalue weighted by Crippen LogP contribution is 2.32. The lowest BCUT2D eigenvalue weighted by atomic mass is 10.1. The number of nitrogens with two attached hydrogens (primary N) is 1. The van der Waals surface area contributed by atoms with Crippen molar-refractivity contribution in [2.24, 2.45) is 11.7 Å². The third-order valence-electron chi connectivity index (χ3n) is 3.80. The highest BCUT2D eigenvalue weighted by molar-refractivity contribution is 5.77. The number of nitrogens with one attached hydrogen (secondary N) is 1. The van der Waals surface area contributed by atoms with Gasteiger partial charge in [0.1, 0.15) is 5.82 Å². The summed E-state index contributed by atoms with van der Waals surface area (Å²) in [6, 6.07) is 4.59. The quantitative estimate of drug-likeness (QED) is 0.849. The van der Waals surface area contributed by atoms with E-state index >= 15 is 0 Å². The van der Waals surface area contributed by atoms with E-state index < -0.39 is 0 Å². The zero-order valence-electron chi connectivity index (χ0n) is 10.5. The third-order valence-corrected chi connectivity index (χ3v) is 3.80. The molecular weight excluding hydrogens is 210 g/mol. The Morgan fingerprint density at radius 2 is 2.06 bits per heavy atom. The molecule has 17 heavy (non-hydrogen) atoms. The molecule has 2 aromatic rings. The Hall–Kier alpha value is -1.35. The first-order valence-electron chi connectivity index (χ1n) is 6.35. The summed E-state index contributed by atoms with van der Waals surface area (Å²) in [5.41, 5.74) is 10.9. The molecule has 90 valence electrons. The van der Waals surface area contributed by atoms with E-state index in [1.807, 2.05) is 0 Å². The van der Waals surface area contributed by atoms with Gasteiger partial charge in [-0.05, 0) is 55.9 Å². The predicted molar refractivity (Wildman–Crippen MR) is 70.0 cm³/mol. The van der Waals surface area contributed by atoms with Gasteiger partial charge in [0.25, 0.3) is 0 Å². The van der Waals surface area contributed by atoms with Crippen molar-refractivity contribution in [3.63, 3.8) is 0 Å². The molecule has 1 aromatic carbocycles. The van der Waals surface area contributed by atoms with Crippen LogP contribution in [0.15, 0.2) is 12.1 Å². The van der Waals surface area contributed by atoms with E-state index in [-0.39, 0.29) is 6.04 Å². The number of benzene rings is 1. The van der Waals surface area contributed by atoms with Crippen molar-refractivity contribution >= 4 is 11.0 Å². The Labute approximate surface area is 101 Å². The number of imidazole rings is 1. The predicted octanol–water partition coefficient (Wildman–Crippen LogP) is 2.46. The van der Waals surface area contributed by atoms with Gasteiger partial charge in [-0.25, -0.2) is 4.98 Å². The number of hydrogen-bond donors (Lipinski definition) is 2. The molecule has 1 aliphatic rings. The average molecular weight is 229 g/mol. The summed E-state index contributed by atoms with van der Waals surface area (Å²) in [4.78, 5) is 8.02. The minimum Gasteiger partial charge on any atom is -0.342 e. The lowest BCUT2D eigenvalue weighted by Gasteiger charge is -2.06. The molecule has 3 N–H and O–H groups in total. The topological polar surface area (TPSA) is 54.7 Å². The van der Waals surface area contributed by atoms with Crippen LogP contribution in [-0.2, 0) is 6.42 Å². The maximum absolute atomic E-state index is 6.13. The minimum absolute atomic E-state index is 0.276. The first-order chi connectivity index (χ1) is 8.13. The number of H-pyrrole nitrogens is 1. The minimum atomic E-state index is 0.276. The fraction of sp³-hybridized carbons (Fsp3) is 0.500. The Balaban J connectivity index is 1.90. The van der Waals surface area contributed by atoms with Crippen LogP contribution in [0.5, 0.6) is 0 Å². The molecule has 1 aromatic heterocycles. The number of hydrogen-bond acceptors (Lipinski definition) is 2. The van der Waals surface area contributed by atoms with Gasteiger partial charge in [0.15, 0.2) is 0 Å². The van der Waals surface area contributed by atoms with Crippen LogP contribution >= 0.6 is 0 Å². The van der Waals surface area contributed by atoms with Crippen molar-refractivity contribution in [3.8, 4) is 0 Å². The molecule has 1 unspecified atom stereocenters. The molecule has 1 fully saturated rings. The summed E-state index contributed by atoms with van der Waals surface area (Å²) in [7, 11) is 0. The molecule has 0 spiro atoms. The highest BCUT2D eigenvalue weighted by atomic mass is 14.9. The van der Waals surface area contributed by atoms with Crippen LogP contribution in [0.4, 0.5) is 0 Å². The van der Waals surface area contributed by atoms with Crippen molar-refractivity contribution in [1.29, 1.82) is 0 Å². The Morgan fingerprint density at radius 1 is 1.35 bits per heavy atom. The molecule has 1 saturated carbocycles. The molecule has 1 atom stereocenters. The first-order valence-corrected chi connectivity index (χ1v) is 6.35. The molecule has 3 rings (SSSR count). The number of aromatic amines is 1. The summed E-state index contributed by atoms with van der Waals surface area (Å²) in [5.74, 6) is 1.76. The summed E-state index contributed by atoms with van der Waals surface area (Å²) in [6.45, 7) is 4.25. The maximum atomic E-state index is 6.13. The molecule has 1 aliphatic carbocycles. The monoisotopic (exact) mass is 229 g/mol. The van der Waals surface area contributed by atoms with Gasteiger partial charge in [0.2, 0.25) is 0 Å². The fourth-order valence-electron chi connectivity index (χ4n) is 2.33. The molecule has 3 heteroatoms. The van der Waals surface area contributed by atoms with Crippen molar-refractivity contribution in [3.05, 3.63) is 29.1 Å². The van der Waals surface area contributed by atoms with Crippen LogP contribution in [0.2, 0.25) is 0 Å². The van der Waals surface area contributed by atoms with E-state index in [2.05, 4.69) is 35.9 Å². The van der Waals surface area contributed by atoms with E-state index in [1.165, 1.54) is 24.0 Å². The SMILES string of the molecule is Cc1cc2nc(CC(N)C3CC3)[nH]c2cc1C. The Kier molecular flexibility index (Phi) is 2.44. The van der Waals surface area contributed by atoms with Gasteiger partial charge in [0, 0.05) is 12.5 Å². The van der Waals surface area contributed by atoms with Crippen LogP contribution in [0, 0.1) is 19.8 Å². The summed E-state index contributed by atoms with van der Waals surface area (Å²) in [6.07, 6.45) is 3.46. The summed E-state index contributed by atoms with van der Waals surface area (Å²) >= 11 is 0. The number of aryl methyl sites for hydroxylation is 2. The number of rotatable bonds is 3. The van der Waals surface area contributed by atoms with Gasteiger partial charge >= 0.3 is 0 Å². The zero-order valence-corrected chi connectivity index (χ0v) is 10.5. The number of fused-ring (bicyclic) bond motifs is 1. The van der Waals surface area contributed by atoms with Crippen molar-refractivity contribution in [2.45, 2.75) is 39.2 Å².